The Hall–Kier alpha value is -0.610. The van der Waals surface area contributed by atoms with Crippen LogP contribution < -0.4 is 11.1 Å². The third-order valence-corrected chi connectivity index (χ3v) is 3.39. The minimum Gasteiger partial charge on any atom is -0.353 e. The van der Waals surface area contributed by atoms with Crippen molar-refractivity contribution >= 4 is 5.91 Å². The molecular weight excluding hydrogens is 190 g/mol. The van der Waals surface area contributed by atoms with Gasteiger partial charge in [0.05, 0.1) is 5.54 Å². The van der Waals surface area contributed by atoms with E-state index >= 15 is 0 Å². The summed E-state index contributed by atoms with van der Waals surface area (Å²) in [7, 11) is 4.01. The van der Waals surface area contributed by atoms with Crippen LogP contribution in [0.1, 0.15) is 32.6 Å². The van der Waals surface area contributed by atoms with Crippen molar-refractivity contribution in [2.45, 2.75) is 44.2 Å². The molecule has 1 aliphatic carbocycles. The summed E-state index contributed by atoms with van der Waals surface area (Å²) in [5.74, 6) is 0.0219. The van der Waals surface area contributed by atoms with Crippen molar-refractivity contribution < 1.29 is 4.79 Å². The van der Waals surface area contributed by atoms with Crippen LogP contribution in [0.5, 0.6) is 0 Å². The third-order valence-electron chi connectivity index (χ3n) is 3.39. The van der Waals surface area contributed by atoms with Gasteiger partial charge >= 0.3 is 0 Å². The number of nitrogens with two attached hydrogens (primary N) is 1. The molecule has 0 heterocycles. The lowest BCUT2D eigenvalue weighted by molar-refractivity contribution is -0.126. The molecular formula is C11H23N3O. The lowest BCUT2D eigenvalue weighted by Crippen LogP contribution is -2.53. The summed E-state index contributed by atoms with van der Waals surface area (Å²) in [5, 5.41) is 2.94. The number of amides is 1. The van der Waals surface area contributed by atoms with Gasteiger partial charge in [-0.15, -0.1) is 0 Å². The van der Waals surface area contributed by atoms with Gasteiger partial charge in [-0.1, -0.05) is 12.8 Å². The molecule has 1 atom stereocenters. The molecule has 1 saturated carbocycles. The number of likely N-dealkylation sites (N-methyl/N-ethyl adjacent to an activating group) is 1. The third kappa shape index (κ3) is 3.18. The molecule has 1 fully saturated rings. The molecule has 88 valence electrons. The van der Waals surface area contributed by atoms with Crippen LogP contribution in [0.4, 0.5) is 0 Å². The van der Waals surface area contributed by atoms with E-state index in [9.17, 15) is 4.79 Å². The topological polar surface area (TPSA) is 58.4 Å². The first-order valence-corrected chi connectivity index (χ1v) is 5.69. The van der Waals surface area contributed by atoms with E-state index in [1.807, 2.05) is 14.1 Å². The predicted octanol–water partition coefficient (Wildman–Crippen LogP) is 0.324. The van der Waals surface area contributed by atoms with Gasteiger partial charge in [0.1, 0.15) is 0 Å². The van der Waals surface area contributed by atoms with E-state index in [4.69, 9.17) is 5.73 Å². The molecule has 15 heavy (non-hydrogen) atoms. The zero-order chi connectivity index (χ0) is 11.5. The number of nitrogens with zero attached hydrogens (tertiary/aromatic N) is 1. The summed E-state index contributed by atoms with van der Waals surface area (Å²) in [4.78, 5) is 13.9. The van der Waals surface area contributed by atoms with Gasteiger partial charge in [-0.25, -0.2) is 0 Å². The molecule has 4 nitrogen and oxygen atoms in total. The second kappa shape index (κ2) is 4.94. The van der Waals surface area contributed by atoms with Crippen LogP contribution in [0.15, 0.2) is 0 Å². The van der Waals surface area contributed by atoms with Gasteiger partial charge in [0.15, 0.2) is 0 Å². The van der Waals surface area contributed by atoms with Crippen molar-refractivity contribution in [1.29, 1.82) is 0 Å². The number of nitrogens with one attached hydrogen (secondary N) is 1. The number of hydrogen-bond acceptors (Lipinski definition) is 3. The van der Waals surface area contributed by atoms with Gasteiger partial charge < -0.3 is 16.0 Å². The van der Waals surface area contributed by atoms with E-state index < -0.39 is 5.54 Å². The molecule has 0 aromatic heterocycles. The Kier molecular flexibility index (Phi) is 4.11. The van der Waals surface area contributed by atoms with Gasteiger partial charge in [0, 0.05) is 12.6 Å². The fraction of sp³-hybridized carbons (Fsp3) is 0.909. The smallest absolute Gasteiger partial charge is 0.240 e. The van der Waals surface area contributed by atoms with Crippen molar-refractivity contribution in [2.75, 3.05) is 20.6 Å². The Morgan fingerprint density at radius 2 is 2.00 bits per heavy atom. The second-order valence-corrected chi connectivity index (χ2v) is 4.89. The Balaban J connectivity index is 2.35. The summed E-state index contributed by atoms with van der Waals surface area (Å²) >= 11 is 0. The van der Waals surface area contributed by atoms with E-state index in [0.717, 1.165) is 25.7 Å². The van der Waals surface area contributed by atoms with Gasteiger partial charge in [-0.3, -0.25) is 4.79 Å². The maximum absolute atomic E-state index is 11.8. The van der Waals surface area contributed by atoms with Crippen LogP contribution >= 0.6 is 0 Å². The van der Waals surface area contributed by atoms with Crippen LogP contribution in [-0.2, 0) is 4.79 Å². The summed E-state index contributed by atoms with van der Waals surface area (Å²) in [5.41, 5.74) is 5.45. The molecule has 0 radical (unpaired) electrons. The lowest BCUT2D eigenvalue weighted by atomic mass is 9.98. The zero-order valence-electron chi connectivity index (χ0n) is 10.0. The Bertz CT molecular complexity index is 222. The maximum atomic E-state index is 11.8. The molecule has 3 N–H and O–H groups in total. The highest BCUT2D eigenvalue weighted by Crippen LogP contribution is 2.27. The Labute approximate surface area is 92.2 Å². The molecule has 0 spiro atoms. The van der Waals surface area contributed by atoms with Gasteiger partial charge in [0.2, 0.25) is 5.91 Å². The normalized spacial score (nSPS) is 21.7. The summed E-state index contributed by atoms with van der Waals surface area (Å²) in [6.07, 6.45) is 3.81. The van der Waals surface area contributed by atoms with E-state index in [1.54, 1.807) is 0 Å². The van der Waals surface area contributed by atoms with E-state index in [0.29, 0.717) is 12.6 Å². The average Bonchev–Trinajstić information content (AvgIpc) is 2.62. The first-order chi connectivity index (χ1) is 6.96. The molecule has 0 bridgehead atoms. The van der Waals surface area contributed by atoms with Gasteiger partial charge in [-0.2, -0.15) is 0 Å². The van der Waals surface area contributed by atoms with E-state index in [-0.39, 0.29) is 5.91 Å². The van der Waals surface area contributed by atoms with Crippen molar-refractivity contribution in [3.63, 3.8) is 0 Å². The monoisotopic (exact) mass is 213 g/mol. The summed E-state index contributed by atoms with van der Waals surface area (Å²) in [6, 6.07) is 0.346. The zero-order valence-corrected chi connectivity index (χ0v) is 10.0. The van der Waals surface area contributed by atoms with Crippen molar-refractivity contribution in [3.05, 3.63) is 0 Å². The average molecular weight is 213 g/mol. The Morgan fingerprint density at radius 3 is 2.47 bits per heavy atom. The first kappa shape index (κ1) is 12.5. The van der Waals surface area contributed by atoms with Crippen molar-refractivity contribution in [1.82, 2.24) is 10.2 Å². The van der Waals surface area contributed by atoms with Crippen LogP contribution in [0.2, 0.25) is 0 Å². The molecule has 1 unspecified atom stereocenters. The highest BCUT2D eigenvalue weighted by molar-refractivity contribution is 5.86. The van der Waals surface area contributed by atoms with E-state index in [1.165, 1.54) is 0 Å². The van der Waals surface area contributed by atoms with Gasteiger partial charge in [-0.05, 0) is 33.9 Å². The second-order valence-electron chi connectivity index (χ2n) is 4.89. The quantitative estimate of drug-likeness (QED) is 0.707. The number of rotatable bonds is 4. The van der Waals surface area contributed by atoms with Crippen molar-refractivity contribution in [2.24, 2.45) is 5.73 Å². The standard InChI is InChI=1S/C11H23N3O/c1-9(14(2)3)8-13-10(15)11(12)6-4-5-7-11/h9H,4-8,12H2,1-3H3,(H,13,15). The minimum absolute atomic E-state index is 0.0219. The Morgan fingerprint density at radius 1 is 1.47 bits per heavy atom. The molecule has 4 heteroatoms. The van der Waals surface area contributed by atoms with E-state index in [2.05, 4.69) is 17.1 Å². The number of carbonyl (C=O) groups excluding carboxylic acids is 1. The number of hydrogen-bond donors (Lipinski definition) is 2. The van der Waals surface area contributed by atoms with Gasteiger partial charge in [0.25, 0.3) is 0 Å². The van der Waals surface area contributed by atoms with Crippen molar-refractivity contribution in [3.8, 4) is 0 Å². The molecule has 1 aliphatic rings. The lowest BCUT2D eigenvalue weighted by Gasteiger charge is -2.25. The highest BCUT2D eigenvalue weighted by Gasteiger charge is 2.36. The summed E-state index contributed by atoms with van der Waals surface area (Å²) in [6.45, 7) is 2.75. The predicted molar refractivity (Wildman–Crippen MR) is 61.5 cm³/mol. The molecule has 0 saturated heterocycles. The highest BCUT2D eigenvalue weighted by atomic mass is 16.2. The fourth-order valence-electron chi connectivity index (χ4n) is 1.83. The molecule has 0 aliphatic heterocycles. The molecule has 0 aromatic carbocycles. The number of carbonyl (C=O) groups is 1. The van der Waals surface area contributed by atoms with Crippen LogP contribution in [0.25, 0.3) is 0 Å². The molecule has 1 rings (SSSR count). The SMILES string of the molecule is CC(CNC(=O)C1(N)CCCC1)N(C)C. The molecule has 0 aromatic rings. The minimum atomic E-state index is -0.591. The van der Waals surface area contributed by atoms with Crippen LogP contribution in [0, 0.1) is 0 Å². The summed E-state index contributed by atoms with van der Waals surface area (Å²) < 4.78 is 0. The van der Waals surface area contributed by atoms with Crippen LogP contribution in [0.3, 0.4) is 0 Å². The fourth-order valence-corrected chi connectivity index (χ4v) is 1.83. The van der Waals surface area contributed by atoms with Crippen LogP contribution in [-0.4, -0.2) is 43.0 Å². The largest absolute Gasteiger partial charge is 0.353 e. The molecule has 1 amide bonds. The first-order valence-electron chi connectivity index (χ1n) is 5.69. The maximum Gasteiger partial charge on any atom is 0.240 e.